The molecule has 1 amide bonds. The Bertz CT molecular complexity index is 1140. The number of nitrogens with zero attached hydrogens (tertiary/aromatic N) is 2. The molecule has 0 aliphatic carbocycles. The van der Waals surface area contributed by atoms with E-state index in [1.807, 2.05) is 53.4 Å². The monoisotopic (exact) mass is 443 g/mol. The third-order valence-electron chi connectivity index (χ3n) is 5.10. The smallest absolute Gasteiger partial charge is 0.244 e. The van der Waals surface area contributed by atoms with Crippen LogP contribution in [-0.4, -0.2) is 36.3 Å². The summed E-state index contributed by atoms with van der Waals surface area (Å²) in [6.45, 7) is 0.989. The van der Waals surface area contributed by atoms with Crippen LogP contribution in [0.25, 0.3) is 5.69 Å². The summed E-state index contributed by atoms with van der Waals surface area (Å²) in [5, 5.41) is 2.93. The summed E-state index contributed by atoms with van der Waals surface area (Å²) in [4.78, 5) is 12.5. The molecular weight excluding hydrogens is 422 g/mol. The van der Waals surface area contributed by atoms with E-state index >= 15 is 0 Å². The molecule has 2 heterocycles. The van der Waals surface area contributed by atoms with Gasteiger partial charge in [0.05, 0.1) is 11.4 Å². The van der Waals surface area contributed by atoms with Gasteiger partial charge in [-0.1, -0.05) is 23.7 Å². The van der Waals surface area contributed by atoms with Gasteiger partial charge in [0, 0.05) is 36.9 Å². The topological polar surface area (TPSA) is 71.4 Å². The van der Waals surface area contributed by atoms with Crippen LogP contribution in [0.3, 0.4) is 0 Å². The predicted octanol–water partition coefficient (Wildman–Crippen LogP) is 4.10. The van der Waals surface area contributed by atoms with Crippen LogP contribution in [0.5, 0.6) is 0 Å². The molecule has 8 heteroatoms. The molecule has 1 aliphatic heterocycles. The van der Waals surface area contributed by atoms with Crippen LogP contribution in [0.2, 0.25) is 5.02 Å². The molecule has 0 unspecified atom stereocenters. The Labute approximate surface area is 181 Å². The molecule has 1 aromatic heterocycles. The van der Waals surface area contributed by atoms with E-state index in [9.17, 15) is 13.2 Å². The molecule has 2 aromatic carbocycles. The summed E-state index contributed by atoms with van der Waals surface area (Å²) < 4.78 is 29.1. The highest BCUT2D eigenvalue weighted by atomic mass is 35.5. The number of amides is 1. The van der Waals surface area contributed by atoms with Crippen LogP contribution in [0.15, 0.2) is 71.9 Å². The minimum Gasteiger partial charge on any atom is -0.326 e. The second-order valence-electron chi connectivity index (χ2n) is 7.24. The first-order valence-electron chi connectivity index (χ1n) is 9.75. The largest absolute Gasteiger partial charge is 0.326 e. The van der Waals surface area contributed by atoms with Crippen molar-refractivity contribution in [3.63, 3.8) is 0 Å². The van der Waals surface area contributed by atoms with Crippen LogP contribution in [0, 0.1) is 0 Å². The third kappa shape index (κ3) is 4.43. The number of carbonyl (C=O) groups excluding carboxylic acids is 1. The zero-order valence-electron chi connectivity index (χ0n) is 16.3. The molecule has 6 nitrogen and oxygen atoms in total. The number of rotatable bonds is 6. The van der Waals surface area contributed by atoms with Crippen LogP contribution >= 0.6 is 11.6 Å². The van der Waals surface area contributed by atoms with Gasteiger partial charge in [-0.05, 0) is 60.9 Å². The number of anilines is 1. The molecule has 156 valence electrons. The van der Waals surface area contributed by atoms with E-state index in [1.54, 1.807) is 6.07 Å². The van der Waals surface area contributed by atoms with Crippen molar-refractivity contribution in [2.75, 3.05) is 18.4 Å². The lowest BCUT2D eigenvalue weighted by Crippen LogP contribution is -2.28. The predicted molar refractivity (Wildman–Crippen MR) is 118 cm³/mol. The van der Waals surface area contributed by atoms with E-state index in [2.05, 4.69) is 5.32 Å². The second kappa shape index (κ2) is 8.63. The quantitative estimate of drug-likeness (QED) is 0.623. The number of benzene rings is 2. The average molecular weight is 444 g/mol. The van der Waals surface area contributed by atoms with E-state index in [4.69, 9.17) is 11.6 Å². The molecule has 4 rings (SSSR count). The number of aromatic nitrogens is 1. The minimum atomic E-state index is -3.67. The standard InChI is InChI=1S/C22H22ClN3O3S/c23-20-10-7-18(16-21(20)30(28,29)26-13-3-4-14-26)24-22(27)15-17-5-8-19(9-6-17)25-11-1-2-12-25/h1-2,5-12,16H,3-4,13-15H2,(H,24,27). The van der Waals surface area contributed by atoms with Crippen molar-refractivity contribution in [2.45, 2.75) is 24.2 Å². The molecule has 0 radical (unpaired) electrons. The Morgan fingerprint density at radius 1 is 1.00 bits per heavy atom. The second-order valence-corrected chi connectivity index (χ2v) is 9.55. The van der Waals surface area contributed by atoms with Gasteiger partial charge in [0.2, 0.25) is 15.9 Å². The molecule has 1 saturated heterocycles. The van der Waals surface area contributed by atoms with Crippen molar-refractivity contribution in [1.82, 2.24) is 8.87 Å². The first-order chi connectivity index (χ1) is 14.4. The van der Waals surface area contributed by atoms with Gasteiger partial charge in [-0.25, -0.2) is 8.42 Å². The maximum Gasteiger partial charge on any atom is 0.244 e. The summed E-state index contributed by atoms with van der Waals surface area (Å²) in [6.07, 6.45) is 5.78. The molecule has 0 bridgehead atoms. The molecule has 3 aromatic rings. The van der Waals surface area contributed by atoms with Gasteiger partial charge in [0.1, 0.15) is 4.90 Å². The summed E-state index contributed by atoms with van der Waals surface area (Å²) in [6, 6.07) is 16.2. The highest BCUT2D eigenvalue weighted by molar-refractivity contribution is 7.89. The Balaban J connectivity index is 1.46. The summed E-state index contributed by atoms with van der Waals surface area (Å²) >= 11 is 6.16. The van der Waals surface area contributed by atoms with Crippen molar-refractivity contribution in [2.24, 2.45) is 0 Å². The van der Waals surface area contributed by atoms with Crippen LogP contribution in [0.4, 0.5) is 5.69 Å². The number of carbonyl (C=O) groups is 1. The fourth-order valence-corrected chi connectivity index (χ4v) is 5.55. The Kier molecular flexibility index (Phi) is 5.94. The summed E-state index contributed by atoms with van der Waals surface area (Å²) in [5.41, 5.74) is 2.28. The van der Waals surface area contributed by atoms with Crippen molar-refractivity contribution in [1.29, 1.82) is 0 Å². The van der Waals surface area contributed by atoms with Gasteiger partial charge in [0.15, 0.2) is 0 Å². The molecule has 1 N–H and O–H groups in total. The SMILES string of the molecule is O=C(Cc1ccc(-n2cccc2)cc1)Nc1ccc(Cl)c(S(=O)(=O)N2CCCC2)c1. The number of hydrogen-bond acceptors (Lipinski definition) is 3. The zero-order valence-corrected chi connectivity index (χ0v) is 17.9. The number of hydrogen-bond donors (Lipinski definition) is 1. The van der Waals surface area contributed by atoms with Crippen molar-refractivity contribution < 1.29 is 13.2 Å². The van der Waals surface area contributed by atoms with Crippen molar-refractivity contribution in [3.8, 4) is 5.69 Å². The average Bonchev–Trinajstić information content (AvgIpc) is 3.44. The molecule has 1 aliphatic rings. The number of sulfonamides is 1. The Morgan fingerprint density at radius 2 is 1.67 bits per heavy atom. The molecule has 0 spiro atoms. The fourth-order valence-electron chi connectivity index (χ4n) is 3.53. The minimum absolute atomic E-state index is 0.0277. The first-order valence-corrected chi connectivity index (χ1v) is 11.6. The van der Waals surface area contributed by atoms with Crippen LogP contribution < -0.4 is 5.32 Å². The van der Waals surface area contributed by atoms with E-state index < -0.39 is 10.0 Å². The lowest BCUT2D eigenvalue weighted by atomic mass is 10.1. The number of halogens is 1. The van der Waals surface area contributed by atoms with Gasteiger partial charge in [-0.15, -0.1) is 0 Å². The maximum absolute atomic E-state index is 12.8. The van der Waals surface area contributed by atoms with Crippen molar-refractivity contribution in [3.05, 3.63) is 77.6 Å². The summed E-state index contributed by atoms with van der Waals surface area (Å²) in [5.74, 6) is -0.226. The maximum atomic E-state index is 12.8. The molecule has 0 saturated carbocycles. The van der Waals surface area contributed by atoms with E-state index in [0.29, 0.717) is 18.8 Å². The van der Waals surface area contributed by atoms with Crippen LogP contribution in [0.1, 0.15) is 18.4 Å². The molecule has 30 heavy (non-hydrogen) atoms. The molecule has 0 atom stereocenters. The third-order valence-corrected chi connectivity index (χ3v) is 7.48. The van der Waals surface area contributed by atoms with Gasteiger partial charge < -0.3 is 9.88 Å². The lowest BCUT2D eigenvalue weighted by molar-refractivity contribution is -0.115. The normalized spacial score (nSPS) is 14.7. The first kappa shape index (κ1) is 20.7. The Morgan fingerprint density at radius 3 is 2.33 bits per heavy atom. The highest BCUT2D eigenvalue weighted by Crippen LogP contribution is 2.29. The molecule has 1 fully saturated rings. The van der Waals surface area contributed by atoms with Gasteiger partial charge in [0.25, 0.3) is 0 Å². The van der Waals surface area contributed by atoms with Crippen LogP contribution in [-0.2, 0) is 21.2 Å². The van der Waals surface area contributed by atoms with Crippen molar-refractivity contribution >= 4 is 33.2 Å². The number of nitrogens with one attached hydrogen (secondary N) is 1. The summed E-state index contributed by atoms with van der Waals surface area (Å²) in [7, 11) is -3.67. The van der Waals surface area contributed by atoms with Gasteiger partial charge in [-0.2, -0.15) is 4.31 Å². The van der Waals surface area contributed by atoms with E-state index in [0.717, 1.165) is 24.1 Å². The van der Waals surface area contributed by atoms with Gasteiger partial charge >= 0.3 is 0 Å². The van der Waals surface area contributed by atoms with Gasteiger partial charge in [-0.3, -0.25) is 4.79 Å². The van der Waals surface area contributed by atoms with E-state index in [1.165, 1.54) is 16.4 Å². The fraction of sp³-hybridized carbons (Fsp3) is 0.227. The molecular formula is C22H22ClN3O3S. The highest BCUT2D eigenvalue weighted by Gasteiger charge is 2.29. The van der Waals surface area contributed by atoms with E-state index in [-0.39, 0.29) is 22.2 Å². The Hall–Kier alpha value is -2.61. The lowest BCUT2D eigenvalue weighted by Gasteiger charge is -2.17. The zero-order chi connectivity index (χ0) is 21.1.